The standard InChI is InChI=1S/C20H19N5O/c1-14-11-19(22-12-15-7-5-6-10-21-15)25-20(24-14)17(13-23-25)16-8-3-4-9-18(16)26-2/h3-11,13,22H,12H2,1-2H3. The predicted octanol–water partition coefficient (Wildman–Crippen LogP) is 3.72. The summed E-state index contributed by atoms with van der Waals surface area (Å²) in [5.74, 6) is 1.67. The first kappa shape index (κ1) is 16.1. The van der Waals surface area contributed by atoms with Crippen molar-refractivity contribution in [3.63, 3.8) is 0 Å². The van der Waals surface area contributed by atoms with Gasteiger partial charge < -0.3 is 10.1 Å². The van der Waals surface area contributed by atoms with Crippen molar-refractivity contribution in [3.05, 3.63) is 72.3 Å². The van der Waals surface area contributed by atoms with Gasteiger partial charge in [0.25, 0.3) is 0 Å². The maximum absolute atomic E-state index is 5.50. The zero-order valence-electron chi connectivity index (χ0n) is 14.7. The Balaban J connectivity index is 1.76. The number of aromatic nitrogens is 4. The molecular weight excluding hydrogens is 326 g/mol. The third-order valence-electron chi connectivity index (χ3n) is 4.17. The molecular formula is C20H19N5O. The number of ether oxygens (including phenoxy) is 1. The normalized spacial score (nSPS) is 10.8. The molecule has 0 radical (unpaired) electrons. The van der Waals surface area contributed by atoms with Gasteiger partial charge in [-0.3, -0.25) is 4.98 Å². The summed E-state index contributed by atoms with van der Waals surface area (Å²) in [6.45, 7) is 2.59. The van der Waals surface area contributed by atoms with Crippen LogP contribution < -0.4 is 10.1 Å². The first-order chi connectivity index (χ1) is 12.8. The maximum atomic E-state index is 5.50. The molecule has 3 aromatic heterocycles. The number of methoxy groups -OCH3 is 1. The topological polar surface area (TPSA) is 64.3 Å². The number of para-hydroxylation sites is 1. The van der Waals surface area contributed by atoms with E-state index < -0.39 is 0 Å². The van der Waals surface area contributed by atoms with Gasteiger partial charge in [0.2, 0.25) is 0 Å². The summed E-state index contributed by atoms with van der Waals surface area (Å²) in [6.07, 6.45) is 3.61. The molecule has 0 amide bonds. The highest BCUT2D eigenvalue weighted by Gasteiger charge is 2.15. The minimum absolute atomic E-state index is 0.614. The number of pyridine rings is 1. The van der Waals surface area contributed by atoms with E-state index in [1.54, 1.807) is 13.3 Å². The van der Waals surface area contributed by atoms with E-state index in [2.05, 4.69) is 15.4 Å². The van der Waals surface area contributed by atoms with Crippen molar-refractivity contribution in [3.8, 4) is 16.9 Å². The molecule has 26 heavy (non-hydrogen) atoms. The van der Waals surface area contributed by atoms with Crippen LogP contribution in [0.4, 0.5) is 5.82 Å². The molecule has 6 heteroatoms. The van der Waals surface area contributed by atoms with Gasteiger partial charge in [-0.1, -0.05) is 24.3 Å². The van der Waals surface area contributed by atoms with Crippen molar-refractivity contribution < 1.29 is 4.74 Å². The molecule has 1 aromatic carbocycles. The molecule has 1 N–H and O–H groups in total. The minimum atomic E-state index is 0.614. The van der Waals surface area contributed by atoms with Crippen LogP contribution in [0, 0.1) is 6.92 Å². The number of aryl methyl sites for hydroxylation is 1. The Morgan fingerprint density at radius 2 is 1.92 bits per heavy atom. The lowest BCUT2D eigenvalue weighted by molar-refractivity contribution is 0.416. The highest BCUT2D eigenvalue weighted by molar-refractivity contribution is 5.82. The van der Waals surface area contributed by atoms with Gasteiger partial charge in [-0.15, -0.1) is 0 Å². The van der Waals surface area contributed by atoms with Crippen molar-refractivity contribution in [2.75, 3.05) is 12.4 Å². The molecule has 3 heterocycles. The molecule has 6 nitrogen and oxygen atoms in total. The molecule has 4 aromatic rings. The second kappa shape index (κ2) is 6.84. The monoisotopic (exact) mass is 345 g/mol. The number of nitrogens with one attached hydrogen (secondary N) is 1. The quantitative estimate of drug-likeness (QED) is 0.597. The molecule has 130 valence electrons. The molecule has 0 unspecified atom stereocenters. The third kappa shape index (κ3) is 2.97. The summed E-state index contributed by atoms with van der Waals surface area (Å²) in [5.41, 5.74) is 4.58. The smallest absolute Gasteiger partial charge is 0.165 e. The lowest BCUT2D eigenvalue weighted by Gasteiger charge is -2.10. The molecule has 0 aliphatic carbocycles. The number of fused-ring (bicyclic) bond motifs is 1. The highest BCUT2D eigenvalue weighted by Crippen LogP contribution is 2.32. The van der Waals surface area contributed by atoms with E-state index in [1.165, 1.54) is 0 Å². The summed E-state index contributed by atoms with van der Waals surface area (Å²) >= 11 is 0. The van der Waals surface area contributed by atoms with Crippen molar-refractivity contribution >= 4 is 11.5 Å². The Bertz CT molecular complexity index is 1040. The summed E-state index contributed by atoms with van der Waals surface area (Å²) in [6, 6.07) is 15.7. The van der Waals surface area contributed by atoms with Crippen molar-refractivity contribution in [2.45, 2.75) is 13.5 Å². The van der Waals surface area contributed by atoms with E-state index in [-0.39, 0.29) is 0 Å². The molecule has 0 atom stereocenters. The Morgan fingerprint density at radius 1 is 1.08 bits per heavy atom. The van der Waals surface area contributed by atoms with Crippen LogP contribution in [0.5, 0.6) is 5.75 Å². The van der Waals surface area contributed by atoms with Crippen molar-refractivity contribution in [1.29, 1.82) is 0 Å². The molecule has 0 bridgehead atoms. The van der Waals surface area contributed by atoms with Crippen LogP contribution in [0.25, 0.3) is 16.8 Å². The van der Waals surface area contributed by atoms with Crippen LogP contribution in [0.15, 0.2) is 60.9 Å². The Morgan fingerprint density at radius 3 is 2.73 bits per heavy atom. The maximum Gasteiger partial charge on any atom is 0.165 e. The van der Waals surface area contributed by atoms with Crippen LogP contribution in [0.3, 0.4) is 0 Å². The van der Waals surface area contributed by atoms with Gasteiger partial charge in [-0.05, 0) is 25.1 Å². The molecule has 0 saturated heterocycles. The van der Waals surface area contributed by atoms with Crippen LogP contribution >= 0.6 is 0 Å². The summed E-state index contributed by atoms with van der Waals surface area (Å²) in [7, 11) is 1.67. The van der Waals surface area contributed by atoms with Crippen molar-refractivity contribution in [1.82, 2.24) is 19.6 Å². The summed E-state index contributed by atoms with van der Waals surface area (Å²) in [4.78, 5) is 9.04. The van der Waals surface area contributed by atoms with Crippen LogP contribution in [-0.4, -0.2) is 26.7 Å². The SMILES string of the molecule is COc1ccccc1-c1cnn2c(NCc3ccccn3)cc(C)nc12. The van der Waals surface area contributed by atoms with E-state index in [0.29, 0.717) is 6.54 Å². The Kier molecular flexibility index (Phi) is 4.23. The van der Waals surface area contributed by atoms with Crippen molar-refractivity contribution in [2.24, 2.45) is 0 Å². The fourth-order valence-corrected chi connectivity index (χ4v) is 2.95. The number of hydrogen-bond acceptors (Lipinski definition) is 5. The number of hydrogen-bond donors (Lipinski definition) is 1. The molecule has 0 fully saturated rings. The molecule has 0 saturated carbocycles. The van der Waals surface area contributed by atoms with Gasteiger partial charge in [0, 0.05) is 23.5 Å². The highest BCUT2D eigenvalue weighted by atomic mass is 16.5. The lowest BCUT2D eigenvalue weighted by Crippen LogP contribution is -2.07. The van der Waals surface area contributed by atoms with Crippen LogP contribution in [0.2, 0.25) is 0 Å². The third-order valence-corrected chi connectivity index (χ3v) is 4.17. The molecule has 4 rings (SSSR count). The fraction of sp³-hybridized carbons (Fsp3) is 0.150. The van der Waals surface area contributed by atoms with E-state index >= 15 is 0 Å². The fourth-order valence-electron chi connectivity index (χ4n) is 2.95. The first-order valence-electron chi connectivity index (χ1n) is 8.39. The number of anilines is 1. The largest absolute Gasteiger partial charge is 0.496 e. The second-order valence-corrected chi connectivity index (χ2v) is 5.95. The minimum Gasteiger partial charge on any atom is -0.496 e. The van der Waals surface area contributed by atoms with E-state index in [1.807, 2.05) is 66.2 Å². The van der Waals surface area contributed by atoms with Crippen LogP contribution in [-0.2, 0) is 6.54 Å². The zero-order chi connectivity index (χ0) is 17.9. The van der Waals surface area contributed by atoms with Crippen LogP contribution in [0.1, 0.15) is 11.4 Å². The number of benzene rings is 1. The molecule has 0 spiro atoms. The first-order valence-corrected chi connectivity index (χ1v) is 8.39. The molecule has 0 aliphatic heterocycles. The van der Waals surface area contributed by atoms with E-state index in [9.17, 15) is 0 Å². The van der Waals surface area contributed by atoms with Gasteiger partial charge in [0.1, 0.15) is 11.6 Å². The zero-order valence-corrected chi connectivity index (χ0v) is 14.7. The van der Waals surface area contributed by atoms with E-state index in [0.717, 1.165) is 39.7 Å². The van der Waals surface area contributed by atoms with Gasteiger partial charge in [-0.2, -0.15) is 9.61 Å². The summed E-state index contributed by atoms with van der Waals surface area (Å²) < 4.78 is 7.31. The lowest BCUT2D eigenvalue weighted by atomic mass is 10.1. The predicted molar refractivity (Wildman–Crippen MR) is 101 cm³/mol. The van der Waals surface area contributed by atoms with Gasteiger partial charge >= 0.3 is 0 Å². The molecule has 0 aliphatic rings. The summed E-state index contributed by atoms with van der Waals surface area (Å²) in [5, 5.41) is 7.94. The van der Waals surface area contributed by atoms with Gasteiger partial charge in [-0.25, -0.2) is 4.98 Å². The van der Waals surface area contributed by atoms with E-state index in [4.69, 9.17) is 9.72 Å². The average Bonchev–Trinajstić information content (AvgIpc) is 3.10. The number of nitrogens with zero attached hydrogens (tertiary/aromatic N) is 4. The average molecular weight is 345 g/mol. The van der Waals surface area contributed by atoms with Gasteiger partial charge in [0.15, 0.2) is 5.65 Å². The van der Waals surface area contributed by atoms with Gasteiger partial charge in [0.05, 0.1) is 31.1 Å². The number of rotatable bonds is 5. The Hall–Kier alpha value is -3.41. The second-order valence-electron chi connectivity index (χ2n) is 5.95. The Labute approximate surface area is 151 Å².